The zero-order valence-electron chi connectivity index (χ0n) is 10.5. The largest absolute Gasteiger partial charge is 0.389 e. The van der Waals surface area contributed by atoms with Gasteiger partial charge < -0.3 is 11.1 Å². The number of fused-ring (bicyclic) bond motifs is 1. The Balaban J connectivity index is 1.91. The number of thiocarbonyl (C=S) groups is 1. The molecule has 0 aliphatic heterocycles. The highest BCUT2D eigenvalue weighted by atomic mass is 32.1. The van der Waals surface area contributed by atoms with E-state index in [9.17, 15) is 0 Å². The third-order valence-electron chi connectivity index (χ3n) is 3.46. The minimum atomic E-state index is 0.381. The lowest BCUT2D eigenvalue weighted by atomic mass is 10.1. The molecule has 0 bridgehead atoms. The summed E-state index contributed by atoms with van der Waals surface area (Å²) in [5, 5.41) is 3.35. The summed E-state index contributed by atoms with van der Waals surface area (Å²) >= 11 is 5.06. The van der Waals surface area contributed by atoms with E-state index < -0.39 is 0 Å². The van der Waals surface area contributed by atoms with Crippen LogP contribution in [0.4, 0.5) is 11.4 Å². The van der Waals surface area contributed by atoms with Crippen LogP contribution in [0.25, 0.3) is 0 Å². The van der Waals surface area contributed by atoms with Gasteiger partial charge in [0.2, 0.25) is 0 Å². The lowest BCUT2D eigenvalue weighted by Gasteiger charge is -2.11. The number of anilines is 2. The molecule has 0 spiro atoms. The van der Waals surface area contributed by atoms with Crippen LogP contribution in [0.2, 0.25) is 0 Å². The molecule has 0 radical (unpaired) electrons. The van der Waals surface area contributed by atoms with E-state index >= 15 is 0 Å². The fourth-order valence-corrected chi connectivity index (χ4v) is 2.69. The number of aryl methyl sites for hydroxylation is 2. The van der Waals surface area contributed by atoms with Crippen molar-refractivity contribution in [1.29, 1.82) is 0 Å². The van der Waals surface area contributed by atoms with Crippen LogP contribution >= 0.6 is 12.2 Å². The zero-order valence-corrected chi connectivity index (χ0v) is 11.3. The standard InChI is InChI=1S/C15H15N3S/c16-15(19)13-6-7-17-9-14(13)18-12-5-4-10-2-1-3-11(10)8-12/h4-9,18H,1-3H2,(H2,16,19). The summed E-state index contributed by atoms with van der Waals surface area (Å²) in [7, 11) is 0. The van der Waals surface area contributed by atoms with Gasteiger partial charge in [0, 0.05) is 17.4 Å². The van der Waals surface area contributed by atoms with Crippen LogP contribution < -0.4 is 11.1 Å². The Morgan fingerprint density at radius 3 is 2.89 bits per heavy atom. The summed E-state index contributed by atoms with van der Waals surface area (Å²) in [5.41, 5.74) is 11.4. The van der Waals surface area contributed by atoms with Gasteiger partial charge in [0.15, 0.2) is 0 Å². The first-order valence-electron chi connectivity index (χ1n) is 6.37. The molecule has 3 nitrogen and oxygen atoms in total. The molecule has 0 amide bonds. The van der Waals surface area contributed by atoms with E-state index in [1.165, 1.54) is 30.4 Å². The molecule has 0 fully saturated rings. The maximum Gasteiger partial charge on any atom is 0.106 e. The van der Waals surface area contributed by atoms with Crippen molar-refractivity contribution in [3.05, 3.63) is 53.3 Å². The Kier molecular flexibility index (Phi) is 3.17. The number of hydrogen-bond acceptors (Lipinski definition) is 3. The number of pyridine rings is 1. The highest BCUT2D eigenvalue weighted by Crippen LogP contribution is 2.27. The molecule has 0 unspecified atom stereocenters. The molecule has 96 valence electrons. The molecule has 4 heteroatoms. The van der Waals surface area contributed by atoms with Crippen molar-refractivity contribution >= 4 is 28.6 Å². The smallest absolute Gasteiger partial charge is 0.106 e. The summed E-state index contributed by atoms with van der Waals surface area (Å²) in [4.78, 5) is 4.50. The first-order chi connectivity index (χ1) is 9.24. The van der Waals surface area contributed by atoms with Crippen LogP contribution in [0.5, 0.6) is 0 Å². The molecule has 3 N–H and O–H groups in total. The molecule has 0 atom stereocenters. The molecule has 2 aromatic rings. The summed E-state index contributed by atoms with van der Waals surface area (Å²) in [5.74, 6) is 0. The van der Waals surface area contributed by atoms with Gasteiger partial charge in [0.05, 0.1) is 11.9 Å². The molecule has 1 aliphatic carbocycles. The van der Waals surface area contributed by atoms with Crippen LogP contribution in [-0.2, 0) is 12.8 Å². The van der Waals surface area contributed by atoms with E-state index in [1.807, 2.05) is 6.07 Å². The van der Waals surface area contributed by atoms with Gasteiger partial charge in [-0.15, -0.1) is 0 Å². The molecule has 0 saturated carbocycles. The van der Waals surface area contributed by atoms with Crippen LogP contribution in [-0.4, -0.2) is 9.97 Å². The molecular weight excluding hydrogens is 254 g/mol. The van der Waals surface area contributed by atoms with E-state index in [2.05, 4.69) is 28.5 Å². The summed E-state index contributed by atoms with van der Waals surface area (Å²) in [6, 6.07) is 8.33. The molecule has 1 heterocycles. The fraction of sp³-hybridized carbons (Fsp3) is 0.200. The molecule has 1 aliphatic rings. The molecule has 0 saturated heterocycles. The van der Waals surface area contributed by atoms with Crippen LogP contribution in [0.15, 0.2) is 36.7 Å². The Labute approximate surface area is 117 Å². The quantitative estimate of drug-likeness (QED) is 0.841. The van der Waals surface area contributed by atoms with Crippen molar-refractivity contribution in [3.8, 4) is 0 Å². The fourth-order valence-electron chi connectivity index (χ4n) is 2.51. The predicted octanol–water partition coefficient (Wildman–Crippen LogP) is 2.95. The van der Waals surface area contributed by atoms with Crippen molar-refractivity contribution in [1.82, 2.24) is 4.98 Å². The number of nitrogens with two attached hydrogens (primary N) is 1. The predicted molar refractivity (Wildman–Crippen MR) is 81.9 cm³/mol. The average molecular weight is 269 g/mol. The van der Waals surface area contributed by atoms with Gasteiger partial charge >= 0.3 is 0 Å². The maximum absolute atomic E-state index is 5.72. The van der Waals surface area contributed by atoms with Crippen LogP contribution in [0.1, 0.15) is 23.1 Å². The van der Waals surface area contributed by atoms with Crippen molar-refractivity contribution < 1.29 is 0 Å². The van der Waals surface area contributed by atoms with Crippen LogP contribution in [0, 0.1) is 0 Å². The Morgan fingerprint density at radius 1 is 1.21 bits per heavy atom. The average Bonchev–Trinajstić information content (AvgIpc) is 2.86. The first kappa shape index (κ1) is 12.1. The summed E-state index contributed by atoms with van der Waals surface area (Å²) in [6.07, 6.45) is 7.06. The van der Waals surface area contributed by atoms with Crippen molar-refractivity contribution in [2.45, 2.75) is 19.3 Å². The second kappa shape index (κ2) is 4.97. The number of aromatic nitrogens is 1. The minimum Gasteiger partial charge on any atom is -0.389 e. The third-order valence-corrected chi connectivity index (χ3v) is 3.68. The van der Waals surface area contributed by atoms with Gasteiger partial charge in [-0.2, -0.15) is 0 Å². The van der Waals surface area contributed by atoms with E-state index in [0.29, 0.717) is 4.99 Å². The highest BCUT2D eigenvalue weighted by molar-refractivity contribution is 7.80. The lowest BCUT2D eigenvalue weighted by Crippen LogP contribution is -2.12. The number of rotatable bonds is 3. The third kappa shape index (κ3) is 2.44. The molecule has 1 aromatic heterocycles. The van der Waals surface area contributed by atoms with E-state index in [0.717, 1.165) is 16.9 Å². The van der Waals surface area contributed by atoms with E-state index in [1.54, 1.807) is 12.4 Å². The first-order valence-corrected chi connectivity index (χ1v) is 6.77. The molecule has 19 heavy (non-hydrogen) atoms. The van der Waals surface area contributed by atoms with Gasteiger partial charge in [0.25, 0.3) is 0 Å². The highest BCUT2D eigenvalue weighted by Gasteiger charge is 2.11. The van der Waals surface area contributed by atoms with E-state index in [-0.39, 0.29) is 0 Å². The lowest BCUT2D eigenvalue weighted by molar-refractivity contribution is 0.912. The summed E-state index contributed by atoms with van der Waals surface area (Å²) < 4.78 is 0. The molecule has 1 aromatic carbocycles. The van der Waals surface area contributed by atoms with Crippen LogP contribution in [0.3, 0.4) is 0 Å². The van der Waals surface area contributed by atoms with Crippen molar-refractivity contribution in [3.63, 3.8) is 0 Å². The SMILES string of the molecule is NC(=S)c1ccncc1Nc1ccc2c(c1)CCC2. The van der Waals surface area contributed by atoms with Crippen molar-refractivity contribution in [2.75, 3.05) is 5.32 Å². The second-order valence-corrected chi connectivity index (χ2v) is 5.19. The molecule has 3 rings (SSSR count). The van der Waals surface area contributed by atoms with Crippen molar-refractivity contribution in [2.24, 2.45) is 5.73 Å². The van der Waals surface area contributed by atoms with Gasteiger partial charge in [-0.1, -0.05) is 18.3 Å². The Morgan fingerprint density at radius 2 is 2.05 bits per heavy atom. The van der Waals surface area contributed by atoms with E-state index in [4.69, 9.17) is 18.0 Å². The summed E-state index contributed by atoms with van der Waals surface area (Å²) in [6.45, 7) is 0. The monoisotopic (exact) mass is 269 g/mol. The zero-order chi connectivity index (χ0) is 13.2. The molecular formula is C15H15N3S. The topological polar surface area (TPSA) is 50.9 Å². The number of hydrogen-bond donors (Lipinski definition) is 2. The number of nitrogens with one attached hydrogen (secondary N) is 1. The normalized spacial score (nSPS) is 13.1. The Hall–Kier alpha value is -1.94. The Bertz CT molecular complexity index is 637. The minimum absolute atomic E-state index is 0.381. The second-order valence-electron chi connectivity index (χ2n) is 4.75. The van der Waals surface area contributed by atoms with Gasteiger partial charge in [0.1, 0.15) is 4.99 Å². The van der Waals surface area contributed by atoms with Gasteiger partial charge in [-0.25, -0.2) is 0 Å². The maximum atomic E-state index is 5.72. The number of benzene rings is 1. The van der Waals surface area contributed by atoms with Gasteiger partial charge in [-0.05, 0) is 48.6 Å². The van der Waals surface area contributed by atoms with Gasteiger partial charge in [-0.3, -0.25) is 4.98 Å². The number of nitrogens with zero attached hydrogens (tertiary/aromatic N) is 1.